The number of carbonyl (C=O) groups excluding carboxylic acids is 1. The van der Waals surface area contributed by atoms with Crippen molar-refractivity contribution in [3.63, 3.8) is 0 Å². The second kappa shape index (κ2) is 6.10. The third-order valence-corrected chi connectivity index (χ3v) is 3.17. The molecule has 0 amide bonds. The Morgan fingerprint density at radius 1 is 1.15 bits per heavy atom. The molecule has 0 unspecified atom stereocenters. The zero-order chi connectivity index (χ0) is 14.5. The van der Waals surface area contributed by atoms with Crippen LogP contribution in [0.2, 0.25) is 0 Å². The van der Waals surface area contributed by atoms with Gasteiger partial charge in [-0.2, -0.15) is 0 Å². The van der Waals surface area contributed by atoms with Crippen molar-refractivity contribution < 1.29 is 14.3 Å². The monoisotopic (exact) mass is 271 g/mol. The van der Waals surface area contributed by atoms with Crippen LogP contribution in [0.3, 0.4) is 0 Å². The first-order valence-electron chi connectivity index (χ1n) is 6.27. The minimum absolute atomic E-state index is 0.383. The van der Waals surface area contributed by atoms with Gasteiger partial charge in [0.2, 0.25) is 0 Å². The van der Waals surface area contributed by atoms with Crippen LogP contribution < -0.4 is 10.5 Å². The van der Waals surface area contributed by atoms with E-state index in [2.05, 4.69) is 0 Å². The zero-order valence-corrected chi connectivity index (χ0v) is 11.6. The molecule has 104 valence electrons. The first-order chi connectivity index (χ1) is 9.63. The number of hydrogen-bond acceptors (Lipinski definition) is 4. The van der Waals surface area contributed by atoms with E-state index in [1.165, 1.54) is 7.11 Å². The smallest absolute Gasteiger partial charge is 0.339 e. The van der Waals surface area contributed by atoms with E-state index in [9.17, 15) is 4.79 Å². The van der Waals surface area contributed by atoms with E-state index in [0.717, 1.165) is 16.9 Å². The van der Waals surface area contributed by atoms with Crippen LogP contribution in [-0.4, -0.2) is 13.1 Å². The third kappa shape index (κ3) is 2.91. The number of ether oxygens (including phenoxy) is 2. The first-order valence-corrected chi connectivity index (χ1v) is 6.27. The topological polar surface area (TPSA) is 61.5 Å². The van der Waals surface area contributed by atoms with Crippen molar-refractivity contribution >= 4 is 11.7 Å². The SMILES string of the molecule is COC(=O)c1ccc(COc2ccccc2)c(C)c1N. The molecule has 0 heterocycles. The Morgan fingerprint density at radius 2 is 1.85 bits per heavy atom. The fourth-order valence-corrected chi connectivity index (χ4v) is 1.90. The number of esters is 1. The lowest BCUT2D eigenvalue weighted by molar-refractivity contribution is 0.0602. The summed E-state index contributed by atoms with van der Waals surface area (Å²) in [6.07, 6.45) is 0. The second-order valence-corrected chi connectivity index (χ2v) is 4.40. The van der Waals surface area contributed by atoms with Crippen molar-refractivity contribution in [2.45, 2.75) is 13.5 Å². The van der Waals surface area contributed by atoms with E-state index < -0.39 is 5.97 Å². The van der Waals surface area contributed by atoms with Gasteiger partial charge < -0.3 is 15.2 Å². The molecule has 0 saturated heterocycles. The Labute approximate surface area is 118 Å². The summed E-state index contributed by atoms with van der Waals surface area (Å²) in [5, 5.41) is 0. The maximum absolute atomic E-state index is 11.5. The lowest BCUT2D eigenvalue weighted by atomic mass is 10.0. The molecule has 0 atom stereocenters. The third-order valence-electron chi connectivity index (χ3n) is 3.17. The van der Waals surface area contributed by atoms with Crippen LogP contribution in [-0.2, 0) is 11.3 Å². The summed E-state index contributed by atoms with van der Waals surface area (Å²) in [6.45, 7) is 2.27. The van der Waals surface area contributed by atoms with Crippen LogP contribution in [0.4, 0.5) is 5.69 Å². The number of benzene rings is 2. The summed E-state index contributed by atoms with van der Waals surface area (Å²) in [5.41, 5.74) is 8.57. The number of nitrogens with two attached hydrogens (primary N) is 1. The number of para-hydroxylation sites is 1. The highest BCUT2D eigenvalue weighted by atomic mass is 16.5. The van der Waals surface area contributed by atoms with Crippen LogP contribution in [0.5, 0.6) is 5.75 Å². The molecular weight excluding hydrogens is 254 g/mol. The second-order valence-electron chi connectivity index (χ2n) is 4.40. The molecule has 0 aliphatic carbocycles. The van der Waals surface area contributed by atoms with Crippen LogP contribution >= 0.6 is 0 Å². The maximum atomic E-state index is 11.5. The van der Waals surface area contributed by atoms with Gasteiger partial charge in [0.15, 0.2) is 0 Å². The Bertz CT molecular complexity index is 609. The van der Waals surface area contributed by atoms with E-state index in [1.54, 1.807) is 6.07 Å². The maximum Gasteiger partial charge on any atom is 0.339 e. The molecule has 0 aliphatic heterocycles. The number of hydrogen-bond donors (Lipinski definition) is 1. The summed E-state index contributed by atoms with van der Waals surface area (Å²) in [7, 11) is 1.34. The normalized spacial score (nSPS) is 10.1. The number of anilines is 1. The molecule has 0 spiro atoms. The van der Waals surface area contributed by atoms with Crippen molar-refractivity contribution in [3.05, 3.63) is 59.2 Å². The van der Waals surface area contributed by atoms with E-state index in [1.807, 2.05) is 43.3 Å². The van der Waals surface area contributed by atoms with Crippen LogP contribution in [0.15, 0.2) is 42.5 Å². The zero-order valence-electron chi connectivity index (χ0n) is 11.6. The molecule has 0 aliphatic rings. The summed E-state index contributed by atoms with van der Waals surface area (Å²) in [5.74, 6) is 0.364. The molecule has 2 aromatic rings. The van der Waals surface area contributed by atoms with E-state index >= 15 is 0 Å². The molecule has 0 radical (unpaired) electrons. The Hall–Kier alpha value is -2.49. The van der Waals surface area contributed by atoms with Gasteiger partial charge in [0, 0.05) is 5.69 Å². The van der Waals surface area contributed by atoms with Gasteiger partial charge in [-0.05, 0) is 36.2 Å². The molecule has 2 aromatic carbocycles. The molecular formula is C16H17NO3. The van der Waals surface area contributed by atoms with E-state index in [0.29, 0.717) is 17.9 Å². The largest absolute Gasteiger partial charge is 0.489 e. The molecule has 0 bridgehead atoms. The molecule has 2 N–H and O–H groups in total. The average Bonchev–Trinajstić information content (AvgIpc) is 2.49. The van der Waals surface area contributed by atoms with Crippen molar-refractivity contribution in [2.24, 2.45) is 0 Å². The van der Waals surface area contributed by atoms with Crippen LogP contribution in [0.1, 0.15) is 21.5 Å². The highest BCUT2D eigenvalue weighted by Crippen LogP contribution is 2.23. The lowest BCUT2D eigenvalue weighted by Gasteiger charge is -2.13. The van der Waals surface area contributed by atoms with Gasteiger partial charge in [0.05, 0.1) is 12.7 Å². The van der Waals surface area contributed by atoms with E-state index in [-0.39, 0.29) is 0 Å². The Balaban J connectivity index is 2.18. The van der Waals surface area contributed by atoms with Crippen molar-refractivity contribution in [1.29, 1.82) is 0 Å². The molecule has 4 nitrogen and oxygen atoms in total. The predicted octanol–water partition coefficient (Wildman–Crippen LogP) is 2.94. The standard InChI is InChI=1S/C16H17NO3/c1-11-12(10-20-13-6-4-3-5-7-13)8-9-14(15(11)17)16(18)19-2/h3-9H,10,17H2,1-2H3. The Kier molecular flexibility index (Phi) is 4.25. The number of methoxy groups -OCH3 is 1. The summed E-state index contributed by atoms with van der Waals surface area (Å²) in [6, 6.07) is 13.0. The minimum atomic E-state index is -0.430. The van der Waals surface area contributed by atoms with Gasteiger partial charge in [-0.3, -0.25) is 0 Å². The molecule has 0 saturated carbocycles. The average molecular weight is 271 g/mol. The van der Waals surface area contributed by atoms with Gasteiger partial charge in [0.25, 0.3) is 0 Å². The predicted molar refractivity (Wildman–Crippen MR) is 77.7 cm³/mol. The number of carbonyl (C=O) groups is 1. The van der Waals surface area contributed by atoms with Gasteiger partial charge in [-0.1, -0.05) is 24.3 Å². The van der Waals surface area contributed by atoms with Gasteiger partial charge in [-0.15, -0.1) is 0 Å². The van der Waals surface area contributed by atoms with Crippen molar-refractivity contribution in [1.82, 2.24) is 0 Å². The first kappa shape index (κ1) is 13.9. The highest BCUT2D eigenvalue weighted by molar-refractivity contribution is 5.96. The van der Waals surface area contributed by atoms with Gasteiger partial charge in [-0.25, -0.2) is 4.79 Å². The molecule has 4 heteroatoms. The molecule has 0 aromatic heterocycles. The van der Waals surface area contributed by atoms with Gasteiger partial charge in [0.1, 0.15) is 12.4 Å². The fourth-order valence-electron chi connectivity index (χ4n) is 1.90. The van der Waals surface area contributed by atoms with Crippen molar-refractivity contribution in [3.8, 4) is 5.75 Å². The fraction of sp³-hybridized carbons (Fsp3) is 0.188. The number of nitrogen functional groups attached to an aromatic ring is 1. The highest BCUT2D eigenvalue weighted by Gasteiger charge is 2.14. The quantitative estimate of drug-likeness (QED) is 0.686. The lowest BCUT2D eigenvalue weighted by Crippen LogP contribution is -2.09. The summed E-state index contributed by atoms with van der Waals surface area (Å²) in [4.78, 5) is 11.5. The van der Waals surface area contributed by atoms with Crippen molar-refractivity contribution in [2.75, 3.05) is 12.8 Å². The number of rotatable bonds is 4. The summed E-state index contributed by atoms with van der Waals surface area (Å²) < 4.78 is 10.4. The summed E-state index contributed by atoms with van der Waals surface area (Å²) >= 11 is 0. The van der Waals surface area contributed by atoms with Crippen LogP contribution in [0, 0.1) is 6.92 Å². The Morgan fingerprint density at radius 3 is 2.50 bits per heavy atom. The van der Waals surface area contributed by atoms with Crippen LogP contribution in [0.25, 0.3) is 0 Å². The molecule has 20 heavy (non-hydrogen) atoms. The minimum Gasteiger partial charge on any atom is -0.489 e. The molecule has 2 rings (SSSR count). The van der Waals surface area contributed by atoms with E-state index in [4.69, 9.17) is 15.2 Å². The molecule has 0 fully saturated rings. The van der Waals surface area contributed by atoms with Gasteiger partial charge >= 0.3 is 5.97 Å².